The van der Waals surface area contributed by atoms with Gasteiger partial charge < -0.3 is 5.73 Å². The van der Waals surface area contributed by atoms with Gasteiger partial charge in [-0.2, -0.15) is 0 Å². The molecule has 0 unspecified atom stereocenters. The summed E-state index contributed by atoms with van der Waals surface area (Å²) in [7, 11) is 0. The number of hydrogen-bond acceptors (Lipinski definition) is 3. The summed E-state index contributed by atoms with van der Waals surface area (Å²) >= 11 is 3.20. The van der Waals surface area contributed by atoms with Gasteiger partial charge in [-0.15, -0.1) is 0 Å². The average Bonchev–Trinajstić information content (AvgIpc) is 2.20. The van der Waals surface area contributed by atoms with Crippen LogP contribution in [0.15, 0.2) is 22.9 Å². The number of pyridine rings is 1. The monoisotopic (exact) mass is 244 g/mol. The molecule has 0 atom stereocenters. The molecule has 1 heterocycles. The Morgan fingerprint density at radius 1 is 1.62 bits per heavy atom. The normalized spacial score (nSPS) is 8.62. The molecule has 0 aliphatic heterocycles. The Kier molecular flexibility index (Phi) is 6.36. The van der Waals surface area contributed by atoms with Crippen molar-refractivity contribution in [1.29, 1.82) is 0 Å². The molecule has 72 valence electrons. The zero-order chi connectivity index (χ0) is 10.3. The molecular weight excluding hydrogens is 232 g/mol. The van der Waals surface area contributed by atoms with Crippen molar-refractivity contribution in [3.05, 3.63) is 28.5 Å². The molecule has 0 spiro atoms. The number of ketones is 1. The second-order valence-corrected chi connectivity index (χ2v) is 2.84. The number of halogens is 1. The van der Waals surface area contributed by atoms with Crippen molar-refractivity contribution in [3.8, 4) is 0 Å². The molecule has 0 aliphatic rings. The van der Waals surface area contributed by atoms with Gasteiger partial charge in [0.15, 0.2) is 5.78 Å². The molecule has 0 amide bonds. The van der Waals surface area contributed by atoms with Crippen LogP contribution in [0, 0.1) is 0 Å². The summed E-state index contributed by atoms with van der Waals surface area (Å²) in [4.78, 5) is 14.9. The lowest BCUT2D eigenvalue weighted by molar-refractivity contribution is 0.100. The number of rotatable bonds is 2. The predicted molar refractivity (Wildman–Crippen MR) is 56.7 cm³/mol. The topological polar surface area (TPSA) is 56.0 Å². The van der Waals surface area contributed by atoms with Crippen LogP contribution < -0.4 is 5.73 Å². The van der Waals surface area contributed by atoms with Crippen LogP contribution in [0.5, 0.6) is 0 Å². The maximum Gasteiger partial charge on any atom is 0.177 e. The molecule has 1 aromatic rings. The van der Waals surface area contributed by atoms with E-state index in [1.165, 1.54) is 0 Å². The van der Waals surface area contributed by atoms with Gasteiger partial charge >= 0.3 is 0 Å². The van der Waals surface area contributed by atoms with Gasteiger partial charge in [-0.3, -0.25) is 9.78 Å². The molecular formula is C9H13BrN2O. The molecule has 0 saturated heterocycles. The molecule has 0 aliphatic carbocycles. The van der Waals surface area contributed by atoms with Crippen LogP contribution in [0.4, 0.5) is 0 Å². The fourth-order valence-electron chi connectivity index (χ4n) is 0.711. The third-order valence-electron chi connectivity index (χ3n) is 1.26. The van der Waals surface area contributed by atoms with Crippen LogP contribution in [0.2, 0.25) is 0 Å². The summed E-state index contributed by atoms with van der Waals surface area (Å²) in [6.45, 7) is 4.03. The number of carbonyl (C=O) groups is 1. The van der Waals surface area contributed by atoms with E-state index in [4.69, 9.17) is 5.73 Å². The summed E-state index contributed by atoms with van der Waals surface area (Å²) in [5, 5.41) is 0. The van der Waals surface area contributed by atoms with Gasteiger partial charge in [-0.25, -0.2) is 0 Å². The minimum Gasteiger partial charge on any atom is -0.324 e. The van der Waals surface area contributed by atoms with E-state index in [1.54, 1.807) is 18.5 Å². The maximum atomic E-state index is 11.1. The highest BCUT2D eigenvalue weighted by Gasteiger charge is 2.06. The highest BCUT2D eigenvalue weighted by atomic mass is 79.9. The molecule has 0 fully saturated rings. The molecule has 0 saturated carbocycles. The van der Waals surface area contributed by atoms with Crippen molar-refractivity contribution in [2.24, 2.45) is 5.73 Å². The van der Waals surface area contributed by atoms with Crippen LogP contribution in [0.25, 0.3) is 0 Å². The van der Waals surface area contributed by atoms with E-state index >= 15 is 0 Å². The highest BCUT2D eigenvalue weighted by molar-refractivity contribution is 9.10. The first-order valence-corrected chi connectivity index (χ1v) is 4.87. The van der Waals surface area contributed by atoms with Crippen LogP contribution in [0.3, 0.4) is 0 Å². The Hall–Kier alpha value is -0.740. The number of nitrogens with zero attached hydrogens (tertiary/aromatic N) is 1. The minimum absolute atomic E-state index is 0.0304. The summed E-state index contributed by atoms with van der Waals surface area (Å²) in [6, 6.07) is 1.64. The Morgan fingerprint density at radius 3 is 2.69 bits per heavy atom. The lowest BCUT2D eigenvalue weighted by atomic mass is 10.2. The van der Waals surface area contributed by atoms with Crippen LogP contribution >= 0.6 is 15.9 Å². The molecule has 1 rings (SSSR count). The Bertz CT molecular complexity index is 276. The number of Topliss-reactive ketones (excluding diaryl/α,β-unsaturated/α-hetero) is 1. The molecule has 3 nitrogen and oxygen atoms in total. The van der Waals surface area contributed by atoms with Crippen molar-refractivity contribution < 1.29 is 4.79 Å². The first kappa shape index (κ1) is 12.3. The molecule has 0 bridgehead atoms. The molecule has 1 aromatic heterocycles. The first-order valence-electron chi connectivity index (χ1n) is 4.08. The van der Waals surface area contributed by atoms with E-state index in [9.17, 15) is 4.79 Å². The van der Waals surface area contributed by atoms with Gasteiger partial charge in [0.25, 0.3) is 0 Å². The molecule has 2 N–H and O–H groups in total. The van der Waals surface area contributed by atoms with Gasteiger partial charge in [-0.1, -0.05) is 13.8 Å². The largest absolute Gasteiger partial charge is 0.324 e. The summed E-state index contributed by atoms with van der Waals surface area (Å²) in [5.74, 6) is -0.0840. The van der Waals surface area contributed by atoms with Crippen molar-refractivity contribution >= 4 is 21.7 Å². The summed E-state index contributed by atoms with van der Waals surface area (Å²) in [5.41, 5.74) is 5.77. The van der Waals surface area contributed by atoms with Crippen LogP contribution in [-0.4, -0.2) is 17.3 Å². The molecule has 4 heteroatoms. The van der Waals surface area contributed by atoms with Crippen molar-refractivity contribution in [3.63, 3.8) is 0 Å². The zero-order valence-corrected chi connectivity index (χ0v) is 9.34. The van der Waals surface area contributed by atoms with E-state index in [0.29, 0.717) is 10.0 Å². The lowest BCUT2D eigenvalue weighted by Gasteiger charge is -1.98. The lowest BCUT2D eigenvalue weighted by Crippen LogP contribution is -2.13. The maximum absolute atomic E-state index is 11.1. The minimum atomic E-state index is -0.0840. The Morgan fingerprint density at radius 2 is 2.23 bits per heavy atom. The predicted octanol–water partition coefficient (Wildman–Crippen LogP) is 2.01. The van der Waals surface area contributed by atoms with Crippen molar-refractivity contribution in [2.75, 3.05) is 6.54 Å². The third kappa shape index (κ3) is 3.65. The van der Waals surface area contributed by atoms with E-state index in [2.05, 4.69) is 20.9 Å². The van der Waals surface area contributed by atoms with Crippen LogP contribution in [-0.2, 0) is 0 Å². The zero-order valence-electron chi connectivity index (χ0n) is 7.75. The quantitative estimate of drug-likeness (QED) is 0.811. The van der Waals surface area contributed by atoms with E-state index in [-0.39, 0.29) is 12.3 Å². The second-order valence-electron chi connectivity index (χ2n) is 1.98. The van der Waals surface area contributed by atoms with Gasteiger partial charge in [0, 0.05) is 22.4 Å². The van der Waals surface area contributed by atoms with Crippen molar-refractivity contribution in [2.45, 2.75) is 13.8 Å². The molecule has 13 heavy (non-hydrogen) atoms. The smallest absolute Gasteiger partial charge is 0.177 e. The van der Waals surface area contributed by atoms with Gasteiger partial charge in [0.05, 0.1) is 6.54 Å². The van der Waals surface area contributed by atoms with Gasteiger partial charge in [0.1, 0.15) is 0 Å². The Balaban J connectivity index is 0.000000671. The summed E-state index contributed by atoms with van der Waals surface area (Å²) < 4.78 is 0.690. The molecule has 0 aromatic carbocycles. The number of aromatic nitrogens is 1. The van der Waals surface area contributed by atoms with E-state index in [0.717, 1.165) is 0 Å². The standard InChI is InChI=1S/C7H7BrN2O.C2H6/c8-6-4-10-2-1-5(6)7(11)3-9;1-2/h1-2,4H,3,9H2;1-2H3. The summed E-state index contributed by atoms with van der Waals surface area (Å²) in [6.07, 6.45) is 3.14. The third-order valence-corrected chi connectivity index (χ3v) is 1.89. The fourth-order valence-corrected chi connectivity index (χ4v) is 1.18. The van der Waals surface area contributed by atoms with Crippen LogP contribution in [0.1, 0.15) is 24.2 Å². The number of nitrogens with two attached hydrogens (primary N) is 1. The van der Waals surface area contributed by atoms with E-state index < -0.39 is 0 Å². The van der Waals surface area contributed by atoms with Gasteiger partial charge in [0.2, 0.25) is 0 Å². The van der Waals surface area contributed by atoms with Crippen molar-refractivity contribution in [1.82, 2.24) is 4.98 Å². The number of hydrogen-bond donors (Lipinski definition) is 1. The molecule has 0 radical (unpaired) electrons. The highest BCUT2D eigenvalue weighted by Crippen LogP contribution is 2.13. The number of carbonyl (C=O) groups excluding carboxylic acids is 1. The SMILES string of the molecule is CC.NCC(=O)c1ccncc1Br. The first-order chi connectivity index (χ1) is 6.25. The van der Waals surface area contributed by atoms with E-state index in [1.807, 2.05) is 13.8 Å². The Labute approximate surface area is 86.5 Å². The van der Waals surface area contributed by atoms with Gasteiger partial charge in [-0.05, 0) is 22.0 Å². The average molecular weight is 245 g/mol. The second kappa shape index (κ2) is 6.74. The fraction of sp³-hybridized carbons (Fsp3) is 0.333.